The van der Waals surface area contributed by atoms with Gasteiger partial charge in [0.15, 0.2) is 0 Å². The predicted molar refractivity (Wildman–Crippen MR) is 66.1 cm³/mol. The summed E-state index contributed by atoms with van der Waals surface area (Å²) in [6, 6.07) is 3.68. The Bertz CT molecular complexity index is 491. The standard InChI is InChI=1S/C13H11ClF4O2/c14-4-2-1-3-10-7-11(15)9-12(8-10)19-5-6-20-13(16,17)18/h7-9H,2,4-6H2. The first-order chi connectivity index (χ1) is 9.40. The third kappa shape index (κ3) is 7.22. The average Bonchev–Trinajstić information content (AvgIpc) is 2.33. The van der Waals surface area contributed by atoms with Crippen molar-refractivity contribution < 1.29 is 27.0 Å². The molecule has 0 radical (unpaired) electrons. The highest BCUT2D eigenvalue weighted by Gasteiger charge is 2.28. The molecule has 0 atom stereocenters. The summed E-state index contributed by atoms with van der Waals surface area (Å²) in [5.74, 6) is 5.25. The van der Waals surface area contributed by atoms with Crippen molar-refractivity contribution in [3.63, 3.8) is 0 Å². The summed E-state index contributed by atoms with van der Waals surface area (Å²) in [6.07, 6.45) is -4.25. The summed E-state index contributed by atoms with van der Waals surface area (Å²) >= 11 is 5.44. The first kappa shape index (κ1) is 16.6. The number of alkyl halides is 4. The van der Waals surface area contributed by atoms with Gasteiger partial charge in [-0.05, 0) is 12.1 Å². The van der Waals surface area contributed by atoms with Crippen LogP contribution in [-0.4, -0.2) is 25.5 Å². The van der Waals surface area contributed by atoms with Gasteiger partial charge in [0.25, 0.3) is 0 Å². The van der Waals surface area contributed by atoms with Crippen LogP contribution in [0.2, 0.25) is 0 Å². The Labute approximate surface area is 118 Å². The van der Waals surface area contributed by atoms with Gasteiger partial charge in [-0.2, -0.15) is 0 Å². The molecule has 0 aliphatic heterocycles. The van der Waals surface area contributed by atoms with Crippen LogP contribution in [0.15, 0.2) is 18.2 Å². The number of halogens is 5. The van der Waals surface area contributed by atoms with E-state index in [-0.39, 0.29) is 12.4 Å². The lowest BCUT2D eigenvalue weighted by molar-refractivity contribution is -0.325. The van der Waals surface area contributed by atoms with E-state index < -0.39 is 18.8 Å². The molecular formula is C13H11ClF4O2. The lowest BCUT2D eigenvalue weighted by atomic mass is 10.2. The van der Waals surface area contributed by atoms with E-state index >= 15 is 0 Å². The van der Waals surface area contributed by atoms with Gasteiger partial charge in [-0.15, -0.1) is 24.8 Å². The van der Waals surface area contributed by atoms with Crippen LogP contribution in [0.3, 0.4) is 0 Å². The molecule has 0 aliphatic rings. The van der Waals surface area contributed by atoms with Crippen molar-refractivity contribution in [3.8, 4) is 17.6 Å². The third-order valence-electron chi connectivity index (χ3n) is 1.94. The van der Waals surface area contributed by atoms with Crippen LogP contribution in [0.4, 0.5) is 17.6 Å². The Morgan fingerprint density at radius 3 is 2.55 bits per heavy atom. The van der Waals surface area contributed by atoms with Crippen molar-refractivity contribution in [3.05, 3.63) is 29.6 Å². The number of hydrogen-bond donors (Lipinski definition) is 0. The molecule has 0 unspecified atom stereocenters. The highest BCUT2D eigenvalue weighted by atomic mass is 35.5. The molecule has 0 bridgehead atoms. The molecule has 0 saturated heterocycles. The minimum atomic E-state index is -4.70. The van der Waals surface area contributed by atoms with Crippen molar-refractivity contribution in [1.82, 2.24) is 0 Å². The number of hydrogen-bond acceptors (Lipinski definition) is 2. The second-order valence-corrected chi connectivity index (χ2v) is 3.94. The zero-order valence-electron chi connectivity index (χ0n) is 10.3. The first-order valence-electron chi connectivity index (χ1n) is 5.59. The molecule has 20 heavy (non-hydrogen) atoms. The quantitative estimate of drug-likeness (QED) is 0.357. The molecule has 1 aromatic rings. The molecule has 0 aliphatic carbocycles. The Balaban J connectivity index is 2.56. The second kappa shape index (κ2) is 7.98. The highest BCUT2D eigenvalue weighted by molar-refractivity contribution is 6.18. The number of ether oxygens (including phenoxy) is 2. The van der Waals surface area contributed by atoms with Gasteiger partial charge in [0.1, 0.15) is 18.2 Å². The van der Waals surface area contributed by atoms with Gasteiger partial charge in [0, 0.05) is 23.9 Å². The maximum atomic E-state index is 13.3. The summed E-state index contributed by atoms with van der Waals surface area (Å²) < 4.78 is 56.9. The van der Waals surface area contributed by atoms with Crippen LogP contribution >= 0.6 is 11.6 Å². The zero-order chi connectivity index (χ0) is 15.0. The van der Waals surface area contributed by atoms with Gasteiger partial charge in [-0.3, -0.25) is 4.74 Å². The molecule has 0 amide bonds. The van der Waals surface area contributed by atoms with Gasteiger partial charge < -0.3 is 4.74 Å². The molecule has 0 spiro atoms. The third-order valence-corrected chi connectivity index (χ3v) is 2.13. The Hall–Kier alpha value is -1.45. The summed E-state index contributed by atoms with van der Waals surface area (Å²) in [6.45, 7) is -1.02. The summed E-state index contributed by atoms with van der Waals surface area (Å²) in [5, 5.41) is 0. The maximum absolute atomic E-state index is 13.3. The van der Waals surface area contributed by atoms with E-state index in [0.29, 0.717) is 17.9 Å². The SMILES string of the molecule is Fc1cc(C#CCCCl)cc(OCCOC(F)(F)F)c1. The molecule has 1 aromatic carbocycles. The molecule has 0 N–H and O–H groups in total. The molecular weight excluding hydrogens is 300 g/mol. The van der Waals surface area contributed by atoms with Crippen LogP contribution in [0, 0.1) is 17.7 Å². The Kier molecular flexibility index (Phi) is 6.62. The van der Waals surface area contributed by atoms with Crippen LogP contribution < -0.4 is 4.74 Å². The van der Waals surface area contributed by atoms with E-state index in [9.17, 15) is 17.6 Å². The van der Waals surface area contributed by atoms with Gasteiger partial charge >= 0.3 is 6.36 Å². The fraction of sp³-hybridized carbons (Fsp3) is 0.385. The molecule has 0 fully saturated rings. The van der Waals surface area contributed by atoms with E-state index in [1.807, 2.05) is 0 Å². The van der Waals surface area contributed by atoms with E-state index in [2.05, 4.69) is 16.6 Å². The van der Waals surface area contributed by atoms with Crippen LogP contribution in [-0.2, 0) is 4.74 Å². The number of benzene rings is 1. The second-order valence-electron chi connectivity index (χ2n) is 3.56. The largest absolute Gasteiger partial charge is 0.522 e. The molecule has 0 aromatic heterocycles. The maximum Gasteiger partial charge on any atom is 0.522 e. The summed E-state index contributed by atoms with van der Waals surface area (Å²) in [7, 11) is 0. The molecule has 1 rings (SSSR count). The van der Waals surface area contributed by atoms with Crippen molar-refractivity contribution in [2.24, 2.45) is 0 Å². The molecule has 0 saturated carbocycles. The molecule has 110 valence electrons. The van der Waals surface area contributed by atoms with Crippen molar-refractivity contribution in [2.75, 3.05) is 19.1 Å². The van der Waals surface area contributed by atoms with E-state index in [1.54, 1.807) is 0 Å². The van der Waals surface area contributed by atoms with Crippen molar-refractivity contribution >= 4 is 11.6 Å². The smallest absolute Gasteiger partial charge is 0.491 e. The van der Waals surface area contributed by atoms with E-state index in [1.165, 1.54) is 12.1 Å². The average molecular weight is 311 g/mol. The normalized spacial score (nSPS) is 10.8. The Morgan fingerprint density at radius 1 is 1.15 bits per heavy atom. The Morgan fingerprint density at radius 2 is 1.90 bits per heavy atom. The zero-order valence-corrected chi connectivity index (χ0v) is 11.0. The monoisotopic (exact) mass is 310 g/mol. The molecule has 7 heteroatoms. The van der Waals surface area contributed by atoms with Crippen LogP contribution in [0.5, 0.6) is 5.75 Å². The fourth-order valence-electron chi connectivity index (χ4n) is 1.25. The van der Waals surface area contributed by atoms with Gasteiger partial charge in [-0.25, -0.2) is 4.39 Å². The highest BCUT2D eigenvalue weighted by Crippen LogP contribution is 2.18. The fourth-order valence-corrected chi connectivity index (χ4v) is 1.34. The van der Waals surface area contributed by atoms with E-state index in [0.717, 1.165) is 6.07 Å². The van der Waals surface area contributed by atoms with E-state index in [4.69, 9.17) is 16.3 Å². The molecule has 0 heterocycles. The van der Waals surface area contributed by atoms with Gasteiger partial charge in [0.2, 0.25) is 0 Å². The first-order valence-corrected chi connectivity index (χ1v) is 6.13. The predicted octanol–water partition coefficient (Wildman–Crippen LogP) is 3.72. The van der Waals surface area contributed by atoms with Crippen molar-refractivity contribution in [1.29, 1.82) is 0 Å². The van der Waals surface area contributed by atoms with Crippen LogP contribution in [0.1, 0.15) is 12.0 Å². The summed E-state index contributed by atoms with van der Waals surface area (Å²) in [4.78, 5) is 0. The minimum absolute atomic E-state index is 0.0888. The number of rotatable bonds is 5. The van der Waals surface area contributed by atoms with Crippen molar-refractivity contribution in [2.45, 2.75) is 12.8 Å². The van der Waals surface area contributed by atoms with Gasteiger partial charge in [0.05, 0.1) is 6.61 Å². The minimum Gasteiger partial charge on any atom is -0.491 e. The lowest BCUT2D eigenvalue weighted by Crippen LogP contribution is -2.18. The topological polar surface area (TPSA) is 18.5 Å². The summed E-state index contributed by atoms with van der Waals surface area (Å²) in [5.41, 5.74) is 0.363. The molecule has 2 nitrogen and oxygen atoms in total. The van der Waals surface area contributed by atoms with Gasteiger partial charge in [-0.1, -0.05) is 11.8 Å². The lowest BCUT2D eigenvalue weighted by Gasteiger charge is -2.09. The van der Waals surface area contributed by atoms with Crippen LogP contribution in [0.25, 0.3) is 0 Å².